The molecule has 0 aromatic heterocycles. The smallest absolute Gasteiger partial charge is 0.124 e. The lowest BCUT2D eigenvalue weighted by Gasteiger charge is -2.15. The molecule has 1 N–H and O–H groups in total. The van der Waals surface area contributed by atoms with Gasteiger partial charge in [0.2, 0.25) is 0 Å². The summed E-state index contributed by atoms with van der Waals surface area (Å²) in [6, 6.07) is 14.6. The van der Waals surface area contributed by atoms with Gasteiger partial charge in [0.05, 0.1) is 6.10 Å². The molecule has 4 heteroatoms. The first kappa shape index (κ1) is 17.5. The van der Waals surface area contributed by atoms with Crippen LogP contribution in [0.2, 0.25) is 0 Å². The maximum Gasteiger partial charge on any atom is 0.124 e. The molecule has 1 saturated heterocycles. The van der Waals surface area contributed by atoms with Crippen molar-refractivity contribution in [3.05, 3.63) is 63.6 Å². The average molecular weight is 390 g/mol. The third-order valence-electron chi connectivity index (χ3n) is 4.25. The molecule has 0 unspecified atom stereocenters. The van der Waals surface area contributed by atoms with E-state index in [4.69, 9.17) is 9.47 Å². The van der Waals surface area contributed by atoms with Crippen LogP contribution in [0.4, 0.5) is 0 Å². The molecule has 128 valence electrons. The summed E-state index contributed by atoms with van der Waals surface area (Å²) in [5, 5.41) is 3.49. The standard InChI is InChI=1S/C20H24BrNO2/c1-15-4-6-16(7-5-15)14-24-20-9-8-18(21)11-17(20)12-22-13-19-3-2-10-23-19/h4-9,11,19,22H,2-3,10,12-14H2,1H3/t19-/m0/s1. The molecule has 0 bridgehead atoms. The molecule has 1 aliphatic heterocycles. The van der Waals surface area contributed by atoms with Gasteiger partial charge in [0, 0.05) is 29.7 Å². The number of hydrogen-bond acceptors (Lipinski definition) is 3. The zero-order valence-corrected chi connectivity index (χ0v) is 15.6. The largest absolute Gasteiger partial charge is 0.489 e. The van der Waals surface area contributed by atoms with Crippen LogP contribution < -0.4 is 10.1 Å². The van der Waals surface area contributed by atoms with Gasteiger partial charge < -0.3 is 14.8 Å². The summed E-state index contributed by atoms with van der Waals surface area (Å²) < 4.78 is 12.8. The summed E-state index contributed by atoms with van der Waals surface area (Å²) >= 11 is 3.55. The highest BCUT2D eigenvalue weighted by Crippen LogP contribution is 2.24. The van der Waals surface area contributed by atoms with E-state index in [-0.39, 0.29) is 0 Å². The Balaban J connectivity index is 1.58. The van der Waals surface area contributed by atoms with Crippen LogP contribution in [-0.4, -0.2) is 19.3 Å². The van der Waals surface area contributed by atoms with E-state index in [0.29, 0.717) is 12.7 Å². The molecule has 1 aliphatic rings. The van der Waals surface area contributed by atoms with Crippen LogP contribution in [0.1, 0.15) is 29.5 Å². The van der Waals surface area contributed by atoms with E-state index in [9.17, 15) is 0 Å². The molecule has 0 radical (unpaired) electrons. The van der Waals surface area contributed by atoms with E-state index in [1.165, 1.54) is 17.5 Å². The molecule has 2 aromatic carbocycles. The topological polar surface area (TPSA) is 30.5 Å². The third-order valence-corrected chi connectivity index (χ3v) is 4.74. The maximum atomic E-state index is 6.05. The van der Waals surface area contributed by atoms with E-state index >= 15 is 0 Å². The van der Waals surface area contributed by atoms with Crippen molar-refractivity contribution < 1.29 is 9.47 Å². The Morgan fingerprint density at radius 1 is 1.21 bits per heavy atom. The van der Waals surface area contributed by atoms with E-state index < -0.39 is 0 Å². The number of halogens is 1. The number of aryl methyl sites for hydroxylation is 1. The van der Waals surface area contributed by atoms with Crippen molar-refractivity contribution >= 4 is 15.9 Å². The second-order valence-corrected chi connectivity index (χ2v) is 7.21. The first-order valence-electron chi connectivity index (χ1n) is 8.50. The fraction of sp³-hybridized carbons (Fsp3) is 0.400. The van der Waals surface area contributed by atoms with Gasteiger partial charge in [-0.3, -0.25) is 0 Å². The lowest BCUT2D eigenvalue weighted by Crippen LogP contribution is -2.26. The molecule has 0 saturated carbocycles. The minimum atomic E-state index is 0.356. The Morgan fingerprint density at radius 3 is 2.79 bits per heavy atom. The van der Waals surface area contributed by atoms with Gasteiger partial charge in [-0.05, 0) is 43.5 Å². The number of nitrogens with one attached hydrogen (secondary N) is 1. The molecule has 0 spiro atoms. The molecule has 3 nitrogen and oxygen atoms in total. The van der Waals surface area contributed by atoms with Crippen LogP contribution in [0.15, 0.2) is 46.9 Å². The van der Waals surface area contributed by atoms with Crippen molar-refractivity contribution in [3.8, 4) is 5.75 Å². The second-order valence-electron chi connectivity index (χ2n) is 6.29. The van der Waals surface area contributed by atoms with Gasteiger partial charge in [0.1, 0.15) is 12.4 Å². The van der Waals surface area contributed by atoms with E-state index in [1.807, 2.05) is 12.1 Å². The predicted molar refractivity (Wildman–Crippen MR) is 100 cm³/mol. The van der Waals surface area contributed by atoms with Gasteiger partial charge >= 0.3 is 0 Å². The van der Waals surface area contributed by atoms with Crippen molar-refractivity contribution in [1.29, 1.82) is 0 Å². The highest BCUT2D eigenvalue weighted by molar-refractivity contribution is 9.10. The van der Waals surface area contributed by atoms with Gasteiger partial charge in [0.25, 0.3) is 0 Å². The van der Waals surface area contributed by atoms with E-state index in [0.717, 1.165) is 41.9 Å². The van der Waals surface area contributed by atoms with Crippen LogP contribution in [0, 0.1) is 6.92 Å². The van der Waals surface area contributed by atoms with Crippen LogP contribution in [0.25, 0.3) is 0 Å². The van der Waals surface area contributed by atoms with Gasteiger partial charge in [-0.15, -0.1) is 0 Å². The van der Waals surface area contributed by atoms with Crippen molar-refractivity contribution in [1.82, 2.24) is 5.32 Å². The molecule has 2 aromatic rings. The van der Waals surface area contributed by atoms with Gasteiger partial charge in [-0.1, -0.05) is 45.8 Å². The Hall–Kier alpha value is -1.36. The van der Waals surface area contributed by atoms with Gasteiger partial charge in [0.15, 0.2) is 0 Å². The Morgan fingerprint density at radius 2 is 2.04 bits per heavy atom. The summed E-state index contributed by atoms with van der Waals surface area (Å²) in [5.41, 5.74) is 3.61. The summed E-state index contributed by atoms with van der Waals surface area (Å²) in [6.45, 7) is 5.25. The first-order chi connectivity index (χ1) is 11.7. The quantitative estimate of drug-likeness (QED) is 0.749. The van der Waals surface area contributed by atoms with E-state index in [2.05, 4.69) is 58.5 Å². The van der Waals surface area contributed by atoms with Crippen LogP contribution in [0.3, 0.4) is 0 Å². The third kappa shape index (κ3) is 5.07. The Labute approximate surface area is 152 Å². The molecule has 24 heavy (non-hydrogen) atoms. The highest BCUT2D eigenvalue weighted by Gasteiger charge is 2.15. The zero-order valence-electron chi connectivity index (χ0n) is 14.1. The number of ether oxygens (including phenoxy) is 2. The summed E-state index contributed by atoms with van der Waals surface area (Å²) in [4.78, 5) is 0. The minimum Gasteiger partial charge on any atom is -0.489 e. The lowest BCUT2D eigenvalue weighted by atomic mass is 10.1. The Kier molecular flexibility index (Phi) is 6.30. The molecular formula is C20H24BrNO2. The number of hydrogen-bond donors (Lipinski definition) is 1. The van der Waals surface area contributed by atoms with E-state index in [1.54, 1.807) is 0 Å². The normalized spacial score (nSPS) is 17.2. The molecular weight excluding hydrogens is 366 g/mol. The highest BCUT2D eigenvalue weighted by atomic mass is 79.9. The lowest BCUT2D eigenvalue weighted by molar-refractivity contribution is 0.110. The minimum absolute atomic E-state index is 0.356. The summed E-state index contributed by atoms with van der Waals surface area (Å²) in [5.74, 6) is 0.929. The van der Waals surface area contributed by atoms with Crippen molar-refractivity contribution in [2.75, 3.05) is 13.2 Å². The maximum absolute atomic E-state index is 6.05. The zero-order chi connectivity index (χ0) is 16.8. The monoisotopic (exact) mass is 389 g/mol. The average Bonchev–Trinajstić information content (AvgIpc) is 3.09. The van der Waals surface area contributed by atoms with Crippen molar-refractivity contribution in [2.24, 2.45) is 0 Å². The fourth-order valence-electron chi connectivity index (χ4n) is 2.85. The molecule has 1 fully saturated rings. The van der Waals surface area contributed by atoms with Crippen molar-refractivity contribution in [3.63, 3.8) is 0 Å². The van der Waals surface area contributed by atoms with Crippen LogP contribution in [-0.2, 0) is 17.9 Å². The summed E-state index contributed by atoms with van der Waals surface area (Å²) in [6.07, 6.45) is 2.69. The van der Waals surface area contributed by atoms with Crippen LogP contribution >= 0.6 is 15.9 Å². The fourth-order valence-corrected chi connectivity index (χ4v) is 3.25. The predicted octanol–water partition coefficient (Wildman–Crippen LogP) is 4.61. The molecule has 0 aliphatic carbocycles. The van der Waals surface area contributed by atoms with Crippen LogP contribution in [0.5, 0.6) is 5.75 Å². The SMILES string of the molecule is Cc1ccc(COc2ccc(Br)cc2CNC[C@@H]2CCCO2)cc1. The Bertz CT molecular complexity index is 651. The number of benzene rings is 2. The van der Waals surface area contributed by atoms with Gasteiger partial charge in [-0.25, -0.2) is 0 Å². The van der Waals surface area contributed by atoms with Crippen molar-refractivity contribution in [2.45, 2.75) is 39.0 Å². The summed E-state index contributed by atoms with van der Waals surface area (Å²) in [7, 11) is 0. The molecule has 3 rings (SSSR count). The number of rotatable bonds is 7. The molecule has 1 heterocycles. The second kappa shape index (κ2) is 8.65. The molecule has 0 amide bonds. The molecule has 1 atom stereocenters. The first-order valence-corrected chi connectivity index (χ1v) is 9.29. The van der Waals surface area contributed by atoms with Gasteiger partial charge in [-0.2, -0.15) is 0 Å².